The van der Waals surface area contributed by atoms with E-state index in [2.05, 4.69) is 25.9 Å². The molecule has 0 unspecified atom stereocenters. The third-order valence-electron chi connectivity index (χ3n) is 2.77. The smallest absolute Gasteiger partial charge is 0.353 e. The molecule has 1 aromatic heterocycles. The van der Waals surface area contributed by atoms with Crippen molar-refractivity contribution in [2.24, 2.45) is 0 Å². The van der Waals surface area contributed by atoms with E-state index in [-0.39, 0.29) is 5.28 Å². The third-order valence-corrected chi connectivity index (χ3v) is 3.51. The van der Waals surface area contributed by atoms with Gasteiger partial charge in [0, 0.05) is 32.4 Å². The number of nitrogens with zero attached hydrogens (tertiary/aromatic N) is 4. The summed E-state index contributed by atoms with van der Waals surface area (Å²) < 4.78 is 37.5. The Kier molecular flexibility index (Phi) is 4.52. The summed E-state index contributed by atoms with van der Waals surface area (Å²) in [6.45, 7) is 0.762. The summed E-state index contributed by atoms with van der Waals surface area (Å²) in [5.74, 6) is 0.617. The van der Waals surface area contributed by atoms with E-state index >= 15 is 0 Å². The van der Waals surface area contributed by atoms with Crippen LogP contribution in [0.3, 0.4) is 0 Å². The highest BCUT2D eigenvalue weighted by Crippen LogP contribution is 2.26. The van der Waals surface area contributed by atoms with Crippen molar-refractivity contribution >= 4 is 33.3 Å². The molecule has 106 valence electrons. The van der Waals surface area contributed by atoms with Crippen molar-refractivity contribution in [2.75, 3.05) is 37.6 Å². The van der Waals surface area contributed by atoms with Crippen LogP contribution in [0.1, 0.15) is 0 Å². The molecule has 0 amide bonds. The molecule has 1 saturated heterocycles. The number of hydrogen-bond donors (Lipinski definition) is 0. The maximum absolute atomic E-state index is 12.3. The quantitative estimate of drug-likeness (QED) is 0.760. The van der Waals surface area contributed by atoms with E-state index in [0.717, 1.165) is 0 Å². The zero-order valence-electron chi connectivity index (χ0n) is 9.79. The van der Waals surface area contributed by atoms with E-state index in [9.17, 15) is 13.2 Å². The number of anilines is 1. The zero-order valence-corrected chi connectivity index (χ0v) is 12.1. The SMILES string of the molecule is FC(F)(F)CN1CCN(c2nc(Cl)ncc2Br)CC1. The molecule has 4 nitrogen and oxygen atoms in total. The number of aromatic nitrogens is 2. The summed E-state index contributed by atoms with van der Waals surface area (Å²) in [5, 5.41) is 0.121. The van der Waals surface area contributed by atoms with Gasteiger partial charge in [-0.05, 0) is 27.5 Å². The normalized spacial score (nSPS) is 17.8. The molecule has 9 heteroatoms. The molecule has 1 fully saturated rings. The molecule has 0 N–H and O–H groups in total. The Bertz CT molecular complexity index is 449. The number of hydrogen-bond acceptors (Lipinski definition) is 4. The van der Waals surface area contributed by atoms with Gasteiger partial charge >= 0.3 is 6.18 Å². The molecule has 1 aliphatic heterocycles. The molecule has 0 aromatic carbocycles. The molecule has 0 saturated carbocycles. The van der Waals surface area contributed by atoms with Crippen LogP contribution in [0, 0.1) is 0 Å². The second-order valence-electron chi connectivity index (χ2n) is 4.19. The highest BCUT2D eigenvalue weighted by atomic mass is 79.9. The summed E-state index contributed by atoms with van der Waals surface area (Å²) in [6.07, 6.45) is -2.62. The number of rotatable bonds is 2. The predicted molar refractivity (Wildman–Crippen MR) is 69.5 cm³/mol. The second-order valence-corrected chi connectivity index (χ2v) is 5.38. The average Bonchev–Trinajstić information content (AvgIpc) is 2.31. The van der Waals surface area contributed by atoms with E-state index in [1.807, 2.05) is 4.90 Å². The molecule has 2 heterocycles. The van der Waals surface area contributed by atoms with Gasteiger partial charge in [-0.25, -0.2) is 4.98 Å². The van der Waals surface area contributed by atoms with Crippen LogP contribution in [0.4, 0.5) is 19.0 Å². The van der Waals surface area contributed by atoms with Crippen molar-refractivity contribution in [1.82, 2.24) is 14.9 Å². The van der Waals surface area contributed by atoms with Gasteiger partial charge in [-0.3, -0.25) is 4.90 Å². The van der Waals surface area contributed by atoms with Crippen LogP contribution in [0.15, 0.2) is 10.7 Å². The first kappa shape index (κ1) is 14.8. The number of alkyl halides is 3. The Balaban J connectivity index is 1.98. The fourth-order valence-electron chi connectivity index (χ4n) is 1.93. The molecular formula is C10H11BrClF3N4. The Morgan fingerprint density at radius 2 is 1.89 bits per heavy atom. The van der Waals surface area contributed by atoms with Crippen molar-refractivity contribution in [3.8, 4) is 0 Å². The fourth-order valence-corrected chi connectivity index (χ4v) is 2.50. The Labute approximate surface area is 121 Å². The largest absolute Gasteiger partial charge is 0.401 e. The van der Waals surface area contributed by atoms with E-state index in [0.29, 0.717) is 36.5 Å². The van der Waals surface area contributed by atoms with Gasteiger partial charge in [-0.2, -0.15) is 18.2 Å². The fraction of sp³-hybridized carbons (Fsp3) is 0.600. The summed E-state index contributed by atoms with van der Waals surface area (Å²) in [4.78, 5) is 11.2. The minimum absolute atomic E-state index is 0.121. The van der Waals surface area contributed by atoms with Crippen molar-refractivity contribution in [3.63, 3.8) is 0 Å². The van der Waals surface area contributed by atoms with Crippen LogP contribution in [-0.2, 0) is 0 Å². The van der Waals surface area contributed by atoms with Crippen LogP contribution < -0.4 is 4.90 Å². The van der Waals surface area contributed by atoms with Gasteiger partial charge < -0.3 is 4.90 Å². The van der Waals surface area contributed by atoms with Gasteiger partial charge in [0.2, 0.25) is 5.28 Å². The standard InChI is InChI=1S/C10H11BrClF3N4/c11-7-5-16-9(12)17-8(7)19-3-1-18(2-4-19)6-10(13,14)15/h5H,1-4,6H2. The maximum Gasteiger partial charge on any atom is 0.401 e. The minimum atomic E-state index is -4.15. The molecular weight excluding hydrogens is 348 g/mol. The van der Waals surface area contributed by atoms with Gasteiger partial charge in [0.05, 0.1) is 11.0 Å². The van der Waals surface area contributed by atoms with E-state index in [1.165, 1.54) is 11.1 Å². The molecule has 2 rings (SSSR count). The van der Waals surface area contributed by atoms with Crippen LogP contribution >= 0.6 is 27.5 Å². The average molecular weight is 360 g/mol. The highest BCUT2D eigenvalue weighted by molar-refractivity contribution is 9.10. The van der Waals surface area contributed by atoms with E-state index < -0.39 is 12.7 Å². The molecule has 0 atom stereocenters. The summed E-state index contributed by atoms with van der Waals surface area (Å²) in [6, 6.07) is 0. The lowest BCUT2D eigenvalue weighted by Gasteiger charge is -2.35. The Hall–Kier alpha value is -0.600. The summed E-state index contributed by atoms with van der Waals surface area (Å²) in [7, 11) is 0. The van der Waals surface area contributed by atoms with Crippen molar-refractivity contribution < 1.29 is 13.2 Å². The lowest BCUT2D eigenvalue weighted by molar-refractivity contribution is -0.146. The lowest BCUT2D eigenvalue weighted by Crippen LogP contribution is -2.49. The third kappa shape index (κ3) is 4.19. The van der Waals surface area contributed by atoms with Gasteiger partial charge in [0.25, 0.3) is 0 Å². The van der Waals surface area contributed by atoms with Crippen LogP contribution in [0.25, 0.3) is 0 Å². The molecule has 0 spiro atoms. The molecule has 1 aliphatic rings. The maximum atomic E-state index is 12.3. The monoisotopic (exact) mass is 358 g/mol. The van der Waals surface area contributed by atoms with E-state index in [1.54, 1.807) is 0 Å². The molecule has 1 aromatic rings. The second kappa shape index (κ2) is 5.80. The first-order valence-electron chi connectivity index (χ1n) is 5.57. The first-order valence-corrected chi connectivity index (χ1v) is 6.74. The van der Waals surface area contributed by atoms with Gasteiger partial charge in [0.1, 0.15) is 5.82 Å². The lowest BCUT2D eigenvalue weighted by atomic mass is 10.3. The van der Waals surface area contributed by atoms with Gasteiger partial charge in [-0.1, -0.05) is 0 Å². The molecule has 0 aliphatic carbocycles. The van der Waals surface area contributed by atoms with Gasteiger partial charge in [0.15, 0.2) is 0 Å². The molecule has 0 radical (unpaired) electrons. The number of halogens is 5. The Morgan fingerprint density at radius 3 is 2.47 bits per heavy atom. The highest BCUT2D eigenvalue weighted by Gasteiger charge is 2.32. The Morgan fingerprint density at radius 1 is 1.26 bits per heavy atom. The van der Waals surface area contributed by atoms with Gasteiger partial charge in [-0.15, -0.1) is 0 Å². The van der Waals surface area contributed by atoms with Crippen LogP contribution in [0.5, 0.6) is 0 Å². The topological polar surface area (TPSA) is 32.3 Å². The molecule has 19 heavy (non-hydrogen) atoms. The van der Waals surface area contributed by atoms with Crippen LogP contribution in [-0.4, -0.2) is 53.8 Å². The van der Waals surface area contributed by atoms with Crippen molar-refractivity contribution in [3.05, 3.63) is 16.0 Å². The minimum Gasteiger partial charge on any atom is -0.353 e. The zero-order chi connectivity index (χ0) is 14.0. The summed E-state index contributed by atoms with van der Waals surface area (Å²) >= 11 is 9.03. The first-order chi connectivity index (χ1) is 8.85. The van der Waals surface area contributed by atoms with E-state index in [4.69, 9.17) is 11.6 Å². The van der Waals surface area contributed by atoms with Crippen molar-refractivity contribution in [1.29, 1.82) is 0 Å². The van der Waals surface area contributed by atoms with Crippen molar-refractivity contribution in [2.45, 2.75) is 6.18 Å². The number of piperazine rings is 1. The molecule has 0 bridgehead atoms. The predicted octanol–water partition coefficient (Wildman–Crippen LogP) is 2.58. The summed E-state index contributed by atoms with van der Waals surface area (Å²) in [5.41, 5.74) is 0. The van der Waals surface area contributed by atoms with Crippen LogP contribution in [0.2, 0.25) is 5.28 Å².